The summed E-state index contributed by atoms with van der Waals surface area (Å²) in [5.74, 6) is 0.842. The molecule has 4 amide bonds. The van der Waals surface area contributed by atoms with Crippen LogP contribution in [0.25, 0.3) is 0 Å². The second-order valence-corrected chi connectivity index (χ2v) is 7.82. The monoisotopic (exact) mass is 443 g/mol. The predicted octanol–water partition coefficient (Wildman–Crippen LogP) is 4.88. The number of rotatable bonds is 8. The molecule has 1 fully saturated rings. The minimum atomic E-state index is -0.712. The van der Waals surface area contributed by atoms with Gasteiger partial charge in [-0.1, -0.05) is 48.5 Å². The van der Waals surface area contributed by atoms with E-state index in [1.807, 2.05) is 67.6 Å². The molecule has 7 heteroatoms. The Morgan fingerprint density at radius 1 is 0.939 bits per heavy atom. The number of imide groups is 1. The fourth-order valence-corrected chi connectivity index (χ4v) is 3.72. The summed E-state index contributed by atoms with van der Waals surface area (Å²) in [4.78, 5) is 38.8. The van der Waals surface area contributed by atoms with Crippen molar-refractivity contribution in [3.63, 3.8) is 0 Å². The molecule has 1 saturated heterocycles. The molecule has 0 bridgehead atoms. The van der Waals surface area contributed by atoms with E-state index in [1.165, 1.54) is 4.90 Å². The normalized spacial score (nSPS) is 16.3. The van der Waals surface area contributed by atoms with Crippen molar-refractivity contribution in [3.8, 4) is 11.5 Å². The molecule has 1 heterocycles. The topological polar surface area (TPSA) is 87.7 Å². The van der Waals surface area contributed by atoms with Crippen LogP contribution in [-0.2, 0) is 9.59 Å². The molecule has 3 aromatic rings. The lowest BCUT2D eigenvalue weighted by molar-refractivity contribution is -0.129. The number of benzene rings is 3. The average Bonchev–Trinajstić information content (AvgIpc) is 3.12. The largest absolute Gasteiger partial charge is 0.457 e. The van der Waals surface area contributed by atoms with Crippen molar-refractivity contribution in [2.45, 2.75) is 31.8 Å². The van der Waals surface area contributed by atoms with Crippen LogP contribution in [0.2, 0.25) is 0 Å². The predicted molar refractivity (Wildman–Crippen MR) is 125 cm³/mol. The minimum absolute atomic E-state index is 0.104. The number of nitrogens with zero attached hydrogens (tertiary/aromatic N) is 1. The van der Waals surface area contributed by atoms with Crippen molar-refractivity contribution < 1.29 is 19.1 Å². The average molecular weight is 444 g/mol. The van der Waals surface area contributed by atoms with Gasteiger partial charge in [0, 0.05) is 12.1 Å². The number of para-hydroxylation sites is 1. The van der Waals surface area contributed by atoms with Crippen LogP contribution in [0.5, 0.6) is 11.5 Å². The standard InChI is InChI=1S/C26H25N3O4/c1-18(19-8-4-2-5-9-19)29-25(31)23(28-26(29)32)16-17-24(30)27-20-12-14-22(15-13-20)33-21-10-6-3-7-11-21/h2-15,18,23H,16-17H2,1H3,(H,27,30)(H,28,32)/t18-,23+/m1/s1. The number of ether oxygens (including phenoxy) is 1. The third-order valence-corrected chi connectivity index (χ3v) is 5.50. The number of hydrogen-bond acceptors (Lipinski definition) is 4. The maximum atomic E-state index is 12.8. The summed E-state index contributed by atoms with van der Waals surface area (Å²) in [6, 6.07) is 24.3. The molecule has 2 N–H and O–H groups in total. The highest BCUT2D eigenvalue weighted by Gasteiger charge is 2.40. The zero-order chi connectivity index (χ0) is 23.2. The summed E-state index contributed by atoms with van der Waals surface area (Å²) in [6.07, 6.45) is 0.329. The zero-order valence-electron chi connectivity index (χ0n) is 18.2. The van der Waals surface area contributed by atoms with Gasteiger partial charge in [0.1, 0.15) is 17.5 Å². The Morgan fingerprint density at radius 3 is 2.21 bits per heavy atom. The van der Waals surface area contributed by atoms with E-state index in [1.54, 1.807) is 24.3 Å². The quantitative estimate of drug-likeness (QED) is 0.486. The van der Waals surface area contributed by atoms with E-state index in [2.05, 4.69) is 10.6 Å². The van der Waals surface area contributed by atoms with Crippen molar-refractivity contribution in [3.05, 3.63) is 90.5 Å². The Morgan fingerprint density at radius 2 is 1.55 bits per heavy atom. The Hall–Kier alpha value is -4.13. The van der Waals surface area contributed by atoms with Crippen LogP contribution in [0.15, 0.2) is 84.9 Å². The second-order valence-electron chi connectivity index (χ2n) is 7.82. The van der Waals surface area contributed by atoms with E-state index >= 15 is 0 Å². The van der Waals surface area contributed by atoms with Gasteiger partial charge in [0.25, 0.3) is 5.91 Å². The molecule has 7 nitrogen and oxygen atoms in total. The smallest absolute Gasteiger partial charge is 0.325 e. The number of nitrogens with one attached hydrogen (secondary N) is 2. The minimum Gasteiger partial charge on any atom is -0.457 e. The lowest BCUT2D eigenvalue weighted by Gasteiger charge is -2.21. The van der Waals surface area contributed by atoms with Gasteiger partial charge in [-0.15, -0.1) is 0 Å². The Labute approximate surface area is 192 Å². The van der Waals surface area contributed by atoms with Gasteiger partial charge in [-0.05, 0) is 55.3 Å². The van der Waals surface area contributed by atoms with Crippen LogP contribution in [0.4, 0.5) is 10.5 Å². The molecule has 2 atom stereocenters. The number of carbonyl (C=O) groups excluding carboxylic acids is 3. The maximum absolute atomic E-state index is 12.8. The molecule has 3 aromatic carbocycles. The molecule has 0 aromatic heterocycles. The first kappa shape index (κ1) is 22.1. The van der Waals surface area contributed by atoms with Crippen LogP contribution in [0, 0.1) is 0 Å². The fraction of sp³-hybridized carbons (Fsp3) is 0.192. The lowest BCUT2D eigenvalue weighted by Crippen LogP contribution is -2.34. The summed E-state index contributed by atoms with van der Waals surface area (Å²) in [5.41, 5.74) is 1.50. The van der Waals surface area contributed by atoms with Gasteiger partial charge in [0.15, 0.2) is 0 Å². The van der Waals surface area contributed by atoms with Gasteiger partial charge in [0.2, 0.25) is 5.91 Å². The van der Waals surface area contributed by atoms with Crippen LogP contribution in [0.3, 0.4) is 0 Å². The van der Waals surface area contributed by atoms with Gasteiger partial charge in [-0.3, -0.25) is 14.5 Å². The van der Waals surface area contributed by atoms with Crippen molar-refractivity contribution >= 4 is 23.5 Å². The number of amides is 4. The molecule has 0 spiro atoms. The van der Waals surface area contributed by atoms with Gasteiger partial charge in [-0.25, -0.2) is 4.79 Å². The van der Waals surface area contributed by atoms with Crippen molar-refractivity contribution in [1.29, 1.82) is 0 Å². The summed E-state index contributed by atoms with van der Waals surface area (Å²) >= 11 is 0. The van der Waals surface area contributed by atoms with E-state index in [0.717, 1.165) is 11.3 Å². The molecule has 0 aliphatic carbocycles. The number of anilines is 1. The van der Waals surface area contributed by atoms with E-state index in [0.29, 0.717) is 11.4 Å². The number of carbonyl (C=O) groups is 3. The highest BCUT2D eigenvalue weighted by molar-refractivity contribution is 6.05. The maximum Gasteiger partial charge on any atom is 0.325 e. The van der Waals surface area contributed by atoms with Gasteiger partial charge in [0.05, 0.1) is 6.04 Å². The third-order valence-electron chi connectivity index (χ3n) is 5.50. The lowest BCUT2D eigenvalue weighted by atomic mass is 10.1. The highest BCUT2D eigenvalue weighted by Crippen LogP contribution is 2.26. The summed E-state index contributed by atoms with van der Waals surface area (Å²) in [5, 5.41) is 5.51. The van der Waals surface area contributed by atoms with E-state index < -0.39 is 12.1 Å². The third kappa shape index (κ3) is 5.38. The first-order chi connectivity index (χ1) is 16.0. The van der Waals surface area contributed by atoms with Crippen molar-refractivity contribution in [2.24, 2.45) is 0 Å². The van der Waals surface area contributed by atoms with Crippen molar-refractivity contribution in [2.75, 3.05) is 5.32 Å². The van der Waals surface area contributed by atoms with Gasteiger partial charge < -0.3 is 15.4 Å². The summed E-state index contributed by atoms with van der Waals surface area (Å²) in [6.45, 7) is 1.81. The first-order valence-corrected chi connectivity index (χ1v) is 10.8. The molecular weight excluding hydrogens is 418 g/mol. The zero-order valence-corrected chi connectivity index (χ0v) is 18.2. The van der Waals surface area contributed by atoms with Crippen LogP contribution in [0.1, 0.15) is 31.4 Å². The fourth-order valence-electron chi connectivity index (χ4n) is 3.72. The van der Waals surface area contributed by atoms with Gasteiger partial charge in [-0.2, -0.15) is 0 Å². The molecular formula is C26H25N3O4. The molecule has 1 aliphatic rings. The summed E-state index contributed by atoms with van der Waals surface area (Å²) in [7, 11) is 0. The first-order valence-electron chi connectivity index (χ1n) is 10.8. The molecule has 0 unspecified atom stereocenters. The van der Waals surface area contributed by atoms with E-state index in [9.17, 15) is 14.4 Å². The molecule has 0 saturated carbocycles. The van der Waals surface area contributed by atoms with Crippen LogP contribution >= 0.6 is 0 Å². The number of hydrogen-bond donors (Lipinski definition) is 2. The number of urea groups is 1. The van der Waals surface area contributed by atoms with Crippen LogP contribution < -0.4 is 15.4 Å². The molecule has 168 valence electrons. The van der Waals surface area contributed by atoms with Gasteiger partial charge >= 0.3 is 6.03 Å². The Kier molecular flexibility index (Phi) is 6.69. The van der Waals surface area contributed by atoms with E-state index in [4.69, 9.17) is 4.74 Å². The summed E-state index contributed by atoms with van der Waals surface area (Å²) < 4.78 is 5.74. The SMILES string of the molecule is C[C@H](c1ccccc1)N1C(=O)N[C@@H](CCC(=O)Nc2ccc(Oc3ccccc3)cc2)C1=O. The Balaban J connectivity index is 1.28. The molecule has 1 aliphatic heterocycles. The molecule has 4 rings (SSSR count). The van der Waals surface area contributed by atoms with Crippen molar-refractivity contribution in [1.82, 2.24) is 10.2 Å². The highest BCUT2D eigenvalue weighted by atomic mass is 16.5. The van der Waals surface area contributed by atoms with Crippen LogP contribution in [-0.4, -0.2) is 28.8 Å². The molecule has 33 heavy (non-hydrogen) atoms. The molecule has 0 radical (unpaired) electrons. The Bertz CT molecular complexity index is 1120. The second kappa shape index (κ2) is 9.99. The van der Waals surface area contributed by atoms with E-state index in [-0.39, 0.29) is 30.7 Å².